The van der Waals surface area contributed by atoms with Gasteiger partial charge in [-0.25, -0.2) is 0 Å². The third kappa shape index (κ3) is 2.38. The van der Waals surface area contributed by atoms with Crippen molar-refractivity contribution in [1.82, 2.24) is 0 Å². The van der Waals surface area contributed by atoms with Crippen molar-refractivity contribution in [2.24, 2.45) is 0 Å². The molecule has 0 aliphatic rings. The Morgan fingerprint density at radius 2 is 2.29 bits per heavy atom. The van der Waals surface area contributed by atoms with E-state index < -0.39 is 0 Å². The van der Waals surface area contributed by atoms with Crippen molar-refractivity contribution in [3.8, 4) is 6.07 Å². The third-order valence-corrected chi connectivity index (χ3v) is 1.88. The number of hydrogen-bond donors (Lipinski definition) is 3. The van der Waals surface area contributed by atoms with Gasteiger partial charge < -0.3 is 16.2 Å². The lowest BCUT2D eigenvalue weighted by Gasteiger charge is -2.08. The molecule has 0 unspecified atom stereocenters. The van der Waals surface area contributed by atoms with E-state index in [1.165, 1.54) is 0 Å². The van der Waals surface area contributed by atoms with E-state index in [0.717, 1.165) is 5.69 Å². The number of para-hydroxylation sites is 1. The van der Waals surface area contributed by atoms with E-state index in [1.54, 1.807) is 12.1 Å². The van der Waals surface area contributed by atoms with Gasteiger partial charge in [-0.3, -0.25) is 0 Å². The molecule has 4 nitrogen and oxygen atoms in total. The fourth-order valence-corrected chi connectivity index (χ4v) is 1.12. The number of hydrogen-bond acceptors (Lipinski definition) is 4. The summed E-state index contributed by atoms with van der Waals surface area (Å²) in [6.07, 6.45) is 0.663. The quantitative estimate of drug-likeness (QED) is 0.488. The third-order valence-electron chi connectivity index (χ3n) is 1.88. The largest absolute Gasteiger partial charge is 0.396 e. The number of rotatable bonds is 4. The Bertz CT molecular complexity index is 344. The zero-order valence-electron chi connectivity index (χ0n) is 7.83. The number of aliphatic hydroxyl groups is 1. The van der Waals surface area contributed by atoms with Crippen LogP contribution in [0.2, 0.25) is 0 Å². The van der Waals surface area contributed by atoms with Crippen LogP contribution < -0.4 is 11.1 Å². The van der Waals surface area contributed by atoms with Crippen molar-refractivity contribution in [2.75, 3.05) is 24.2 Å². The number of nitrogens with two attached hydrogens (primary N) is 1. The van der Waals surface area contributed by atoms with Gasteiger partial charge in [-0.2, -0.15) is 5.26 Å². The molecular weight excluding hydrogens is 178 g/mol. The van der Waals surface area contributed by atoms with E-state index in [9.17, 15) is 0 Å². The lowest BCUT2D eigenvalue weighted by Crippen LogP contribution is -2.06. The zero-order chi connectivity index (χ0) is 10.4. The summed E-state index contributed by atoms with van der Waals surface area (Å²) in [5.74, 6) is 0. The van der Waals surface area contributed by atoms with Crippen LogP contribution in [0.1, 0.15) is 12.0 Å². The average molecular weight is 191 g/mol. The Morgan fingerprint density at radius 3 is 2.93 bits per heavy atom. The minimum Gasteiger partial charge on any atom is -0.396 e. The van der Waals surface area contributed by atoms with Crippen LogP contribution in [-0.4, -0.2) is 18.3 Å². The highest BCUT2D eigenvalue weighted by Crippen LogP contribution is 2.21. The van der Waals surface area contributed by atoms with Crippen LogP contribution in [0, 0.1) is 11.3 Å². The van der Waals surface area contributed by atoms with Gasteiger partial charge in [0.05, 0.1) is 16.9 Å². The van der Waals surface area contributed by atoms with Crippen molar-refractivity contribution in [3.05, 3.63) is 23.8 Å². The molecule has 0 aliphatic heterocycles. The second kappa shape index (κ2) is 5.10. The molecule has 0 spiro atoms. The van der Waals surface area contributed by atoms with Crippen molar-refractivity contribution in [2.45, 2.75) is 6.42 Å². The van der Waals surface area contributed by atoms with Gasteiger partial charge in [-0.05, 0) is 18.6 Å². The molecular formula is C10H13N3O. The predicted octanol–water partition coefficient (Wildman–Crippen LogP) is 0.935. The first-order chi connectivity index (χ1) is 6.79. The van der Waals surface area contributed by atoms with Crippen LogP contribution in [0.5, 0.6) is 0 Å². The number of aliphatic hydroxyl groups excluding tert-OH is 1. The highest BCUT2D eigenvalue weighted by molar-refractivity contribution is 5.72. The van der Waals surface area contributed by atoms with Crippen LogP contribution in [0.4, 0.5) is 11.4 Å². The fraction of sp³-hybridized carbons (Fsp3) is 0.300. The van der Waals surface area contributed by atoms with Gasteiger partial charge in [-0.15, -0.1) is 0 Å². The molecule has 14 heavy (non-hydrogen) atoms. The molecule has 0 amide bonds. The van der Waals surface area contributed by atoms with Crippen LogP contribution in [0.15, 0.2) is 18.2 Å². The molecule has 0 heterocycles. The fourth-order valence-electron chi connectivity index (χ4n) is 1.12. The maximum absolute atomic E-state index is 8.72. The summed E-state index contributed by atoms with van der Waals surface area (Å²) < 4.78 is 0. The van der Waals surface area contributed by atoms with Crippen molar-refractivity contribution >= 4 is 11.4 Å². The predicted molar refractivity (Wildman–Crippen MR) is 55.8 cm³/mol. The van der Waals surface area contributed by atoms with Gasteiger partial charge in [-0.1, -0.05) is 6.07 Å². The molecule has 74 valence electrons. The summed E-state index contributed by atoms with van der Waals surface area (Å²) in [6, 6.07) is 7.27. The monoisotopic (exact) mass is 191 g/mol. The van der Waals surface area contributed by atoms with Gasteiger partial charge in [0.25, 0.3) is 0 Å². The van der Waals surface area contributed by atoms with Gasteiger partial charge in [0.2, 0.25) is 0 Å². The summed E-state index contributed by atoms with van der Waals surface area (Å²) in [5.41, 5.74) is 7.41. The number of nitrogen functional groups attached to an aromatic ring is 1. The average Bonchev–Trinajstić information content (AvgIpc) is 2.21. The van der Waals surface area contributed by atoms with Crippen LogP contribution >= 0.6 is 0 Å². The Kier molecular flexibility index (Phi) is 3.77. The maximum atomic E-state index is 8.72. The van der Waals surface area contributed by atoms with Gasteiger partial charge in [0.1, 0.15) is 6.07 Å². The first-order valence-electron chi connectivity index (χ1n) is 4.43. The lowest BCUT2D eigenvalue weighted by molar-refractivity contribution is 0.292. The Balaban J connectivity index is 2.73. The maximum Gasteiger partial charge on any atom is 0.101 e. The molecule has 0 bridgehead atoms. The van der Waals surface area contributed by atoms with Crippen LogP contribution in [0.25, 0.3) is 0 Å². The Morgan fingerprint density at radius 1 is 1.50 bits per heavy atom. The molecule has 4 heteroatoms. The van der Waals surface area contributed by atoms with Crippen LogP contribution in [-0.2, 0) is 0 Å². The summed E-state index contributed by atoms with van der Waals surface area (Å²) >= 11 is 0. The first-order valence-corrected chi connectivity index (χ1v) is 4.43. The lowest BCUT2D eigenvalue weighted by atomic mass is 10.1. The van der Waals surface area contributed by atoms with E-state index in [-0.39, 0.29) is 6.61 Å². The molecule has 0 radical (unpaired) electrons. The zero-order valence-corrected chi connectivity index (χ0v) is 7.83. The number of anilines is 2. The topological polar surface area (TPSA) is 82.1 Å². The number of nitrogens with one attached hydrogen (secondary N) is 1. The standard InChI is InChI=1S/C10H13N3O/c11-7-8-3-1-4-9(10(8)12)13-5-2-6-14/h1,3-4,13-14H,2,5-6,12H2. The highest BCUT2D eigenvalue weighted by Gasteiger charge is 2.02. The molecule has 1 rings (SSSR count). The molecule has 0 aromatic heterocycles. The molecule has 0 saturated carbocycles. The van der Waals surface area contributed by atoms with Crippen LogP contribution in [0.3, 0.4) is 0 Å². The number of benzene rings is 1. The van der Waals surface area contributed by atoms with E-state index in [0.29, 0.717) is 24.2 Å². The van der Waals surface area contributed by atoms with E-state index in [1.807, 2.05) is 12.1 Å². The molecule has 1 aromatic rings. The van der Waals surface area contributed by atoms with Gasteiger partial charge >= 0.3 is 0 Å². The van der Waals surface area contributed by atoms with Crippen molar-refractivity contribution in [1.29, 1.82) is 5.26 Å². The number of nitriles is 1. The molecule has 0 aliphatic carbocycles. The smallest absolute Gasteiger partial charge is 0.101 e. The molecule has 0 fully saturated rings. The molecule has 1 aromatic carbocycles. The Labute approximate surface area is 83.0 Å². The summed E-state index contributed by atoms with van der Waals surface area (Å²) in [7, 11) is 0. The van der Waals surface area contributed by atoms with E-state index in [4.69, 9.17) is 16.1 Å². The van der Waals surface area contributed by atoms with E-state index >= 15 is 0 Å². The molecule has 4 N–H and O–H groups in total. The second-order valence-electron chi connectivity index (χ2n) is 2.88. The van der Waals surface area contributed by atoms with Gasteiger partial charge in [0, 0.05) is 13.2 Å². The normalized spacial score (nSPS) is 9.43. The minimum atomic E-state index is 0.144. The van der Waals surface area contributed by atoms with E-state index in [2.05, 4.69) is 5.32 Å². The SMILES string of the molecule is N#Cc1cccc(NCCCO)c1N. The minimum absolute atomic E-state index is 0.144. The first kappa shape index (κ1) is 10.4. The number of nitrogens with zero attached hydrogens (tertiary/aromatic N) is 1. The molecule has 0 saturated heterocycles. The second-order valence-corrected chi connectivity index (χ2v) is 2.88. The summed E-state index contributed by atoms with van der Waals surface area (Å²) in [5, 5.41) is 20.4. The van der Waals surface area contributed by atoms with Crippen molar-refractivity contribution < 1.29 is 5.11 Å². The van der Waals surface area contributed by atoms with Gasteiger partial charge in [0.15, 0.2) is 0 Å². The summed E-state index contributed by atoms with van der Waals surface area (Å²) in [4.78, 5) is 0. The summed E-state index contributed by atoms with van der Waals surface area (Å²) in [6.45, 7) is 0.792. The van der Waals surface area contributed by atoms with Crippen molar-refractivity contribution in [3.63, 3.8) is 0 Å². The Hall–Kier alpha value is -1.73. The highest BCUT2D eigenvalue weighted by atomic mass is 16.3. The molecule has 0 atom stereocenters.